The van der Waals surface area contributed by atoms with Crippen LogP contribution in [0, 0.1) is 5.92 Å². The zero-order valence-corrected chi connectivity index (χ0v) is 22.5. The number of benzene rings is 2. The van der Waals surface area contributed by atoms with E-state index in [-0.39, 0.29) is 12.5 Å². The third kappa shape index (κ3) is 8.75. The van der Waals surface area contributed by atoms with Gasteiger partial charge in [-0.25, -0.2) is 0 Å². The molecule has 1 aliphatic heterocycles. The molecule has 6 nitrogen and oxygen atoms in total. The molecular formula is C30H44N2O4. The van der Waals surface area contributed by atoms with Crippen molar-refractivity contribution in [2.24, 2.45) is 5.92 Å². The second-order valence-corrected chi connectivity index (χ2v) is 9.49. The molecular weight excluding hydrogens is 452 g/mol. The summed E-state index contributed by atoms with van der Waals surface area (Å²) >= 11 is 0. The van der Waals surface area contributed by atoms with Crippen LogP contribution in [0.2, 0.25) is 0 Å². The molecule has 6 heteroatoms. The first-order valence-corrected chi connectivity index (χ1v) is 13.4. The van der Waals surface area contributed by atoms with Gasteiger partial charge in [-0.3, -0.25) is 4.79 Å². The van der Waals surface area contributed by atoms with Crippen molar-refractivity contribution in [1.29, 1.82) is 0 Å². The first-order valence-electron chi connectivity index (χ1n) is 13.4. The molecule has 1 amide bonds. The van der Waals surface area contributed by atoms with Gasteiger partial charge in [0.25, 0.3) is 0 Å². The van der Waals surface area contributed by atoms with E-state index >= 15 is 0 Å². The Balaban J connectivity index is 0.000000434. The average Bonchev–Trinajstić information content (AvgIpc) is 2.92. The summed E-state index contributed by atoms with van der Waals surface area (Å²) in [6, 6.07) is 21.0. The molecule has 198 valence electrons. The molecule has 36 heavy (non-hydrogen) atoms. The Labute approximate surface area is 217 Å². The lowest BCUT2D eigenvalue weighted by molar-refractivity contribution is -0.921. The number of aliphatic carboxylic acids is 1. The van der Waals surface area contributed by atoms with Crippen LogP contribution >= 0.6 is 0 Å². The molecule has 0 aliphatic carbocycles. The van der Waals surface area contributed by atoms with Gasteiger partial charge in [0.05, 0.1) is 38.8 Å². The highest BCUT2D eigenvalue weighted by Crippen LogP contribution is 2.37. The Morgan fingerprint density at radius 1 is 0.833 bits per heavy atom. The van der Waals surface area contributed by atoms with Gasteiger partial charge >= 0.3 is 0 Å². The third-order valence-electron chi connectivity index (χ3n) is 7.81. The number of quaternary nitrogens is 1. The summed E-state index contributed by atoms with van der Waals surface area (Å²) in [6.45, 7) is 14.8. The largest absolute Gasteiger partial charge is 0.548 e. The Kier molecular flexibility index (Phi) is 12.6. The van der Waals surface area contributed by atoms with Crippen LogP contribution < -0.4 is 5.11 Å². The van der Waals surface area contributed by atoms with E-state index in [1.54, 1.807) is 4.90 Å². The van der Waals surface area contributed by atoms with Crippen LogP contribution in [0.4, 0.5) is 0 Å². The summed E-state index contributed by atoms with van der Waals surface area (Å²) in [6.07, 6.45) is 1.81. The van der Waals surface area contributed by atoms with Gasteiger partial charge in [-0.2, -0.15) is 0 Å². The number of likely N-dealkylation sites (tertiary alicyclic amines) is 1. The van der Waals surface area contributed by atoms with Crippen molar-refractivity contribution in [3.8, 4) is 0 Å². The van der Waals surface area contributed by atoms with Gasteiger partial charge in [-0.05, 0) is 57.6 Å². The average molecular weight is 497 g/mol. The summed E-state index contributed by atoms with van der Waals surface area (Å²) in [4.78, 5) is 24.3. The van der Waals surface area contributed by atoms with Crippen LogP contribution in [-0.4, -0.2) is 73.7 Å². The van der Waals surface area contributed by atoms with E-state index < -0.39 is 12.6 Å². The molecule has 0 radical (unpaired) electrons. The van der Waals surface area contributed by atoms with Crippen molar-refractivity contribution in [3.63, 3.8) is 0 Å². The number of rotatable bonds is 11. The lowest BCUT2D eigenvalue weighted by atomic mass is 9.76. The van der Waals surface area contributed by atoms with Gasteiger partial charge in [0.1, 0.15) is 6.61 Å². The minimum Gasteiger partial charge on any atom is -0.548 e. The van der Waals surface area contributed by atoms with E-state index in [1.165, 1.54) is 41.8 Å². The van der Waals surface area contributed by atoms with E-state index in [1.807, 2.05) is 12.1 Å². The first-order chi connectivity index (χ1) is 17.4. The highest BCUT2D eigenvalue weighted by Gasteiger charge is 2.30. The zero-order chi connectivity index (χ0) is 26.4. The molecule has 1 fully saturated rings. The second kappa shape index (κ2) is 15.4. The second-order valence-electron chi connectivity index (χ2n) is 9.49. The summed E-state index contributed by atoms with van der Waals surface area (Å²) in [5, 5.41) is 10.4. The number of carboxylic acids is 1. The van der Waals surface area contributed by atoms with Crippen LogP contribution in [0.3, 0.4) is 0 Å². The fraction of sp³-hybridized carbons (Fsp3) is 0.533. The molecule has 1 saturated heterocycles. The maximum absolute atomic E-state index is 12.2. The number of hydrogen-bond donors (Lipinski definition) is 0. The Hall–Kier alpha value is -2.70. The standard InChI is InChI=1S/C22H25NO4.C8H20N/c24-20(15-27-16-21(25)26)23-13-11-19(12-14-23)22(17-7-3-1-4-8-17)18-9-5-2-6-10-18;1-5-9(6-2,7-3)8-4/h1-10,19,22H,11-16H2,(H,25,26);5-8H2,1-4H3/q;+1/p-1. The summed E-state index contributed by atoms with van der Waals surface area (Å²) < 4.78 is 6.15. The number of hydrogen-bond acceptors (Lipinski definition) is 4. The quantitative estimate of drug-likeness (QED) is 0.445. The smallest absolute Gasteiger partial charge is 0.248 e. The van der Waals surface area contributed by atoms with Gasteiger partial charge in [0.15, 0.2) is 0 Å². The van der Waals surface area contributed by atoms with Crippen LogP contribution in [-0.2, 0) is 14.3 Å². The minimum absolute atomic E-state index is 0.161. The van der Waals surface area contributed by atoms with E-state index in [0.717, 1.165) is 12.8 Å². The Morgan fingerprint density at radius 2 is 1.28 bits per heavy atom. The highest BCUT2D eigenvalue weighted by atomic mass is 16.5. The molecule has 0 unspecified atom stereocenters. The van der Waals surface area contributed by atoms with Gasteiger partial charge in [-0.1, -0.05) is 60.7 Å². The zero-order valence-electron chi connectivity index (χ0n) is 22.5. The molecule has 0 N–H and O–H groups in total. The molecule has 1 aliphatic rings. The first kappa shape index (κ1) is 29.5. The lowest BCUT2D eigenvalue weighted by Crippen LogP contribution is -2.47. The molecule has 2 aromatic rings. The van der Waals surface area contributed by atoms with Gasteiger partial charge < -0.3 is 24.0 Å². The number of carbonyl (C=O) groups excluding carboxylic acids is 2. The molecule has 3 rings (SSSR count). The number of piperidine rings is 1. The van der Waals surface area contributed by atoms with E-state index in [0.29, 0.717) is 24.9 Å². The Morgan fingerprint density at radius 3 is 1.64 bits per heavy atom. The van der Waals surface area contributed by atoms with Crippen molar-refractivity contribution in [2.45, 2.75) is 46.5 Å². The maximum atomic E-state index is 12.2. The van der Waals surface area contributed by atoms with Crippen molar-refractivity contribution in [3.05, 3.63) is 71.8 Å². The number of amides is 1. The number of nitrogens with zero attached hydrogens (tertiary/aromatic N) is 2. The number of carboxylic acid groups (broad SMARTS) is 1. The summed E-state index contributed by atoms with van der Waals surface area (Å²) in [5.74, 6) is -0.720. The third-order valence-corrected chi connectivity index (χ3v) is 7.81. The van der Waals surface area contributed by atoms with Crippen molar-refractivity contribution < 1.29 is 23.9 Å². The summed E-state index contributed by atoms with van der Waals surface area (Å²) in [7, 11) is 0. The Bertz CT molecular complexity index is 835. The van der Waals surface area contributed by atoms with Gasteiger partial charge in [0.2, 0.25) is 5.91 Å². The number of carbonyl (C=O) groups is 2. The SMILES string of the molecule is CC[N+](CC)(CC)CC.O=C([O-])COCC(=O)N1CCC(C(c2ccccc2)c2ccccc2)CC1. The van der Waals surface area contributed by atoms with Crippen LogP contribution in [0.5, 0.6) is 0 Å². The molecule has 0 atom stereocenters. The lowest BCUT2D eigenvalue weighted by Gasteiger charge is -2.36. The predicted octanol–water partition coefficient (Wildman–Crippen LogP) is 3.71. The highest BCUT2D eigenvalue weighted by molar-refractivity contribution is 5.78. The molecule has 0 saturated carbocycles. The monoisotopic (exact) mass is 496 g/mol. The topological polar surface area (TPSA) is 69.7 Å². The van der Waals surface area contributed by atoms with E-state index in [9.17, 15) is 14.7 Å². The normalized spacial score (nSPS) is 14.3. The molecule has 0 bridgehead atoms. The van der Waals surface area contributed by atoms with Crippen molar-refractivity contribution in [1.82, 2.24) is 4.90 Å². The molecule has 1 heterocycles. The predicted molar refractivity (Wildman–Crippen MR) is 142 cm³/mol. The molecule has 0 aromatic heterocycles. The summed E-state index contributed by atoms with van der Waals surface area (Å²) in [5.41, 5.74) is 2.59. The number of ether oxygens (including phenoxy) is 1. The van der Waals surface area contributed by atoms with Gasteiger partial charge in [-0.15, -0.1) is 0 Å². The maximum Gasteiger partial charge on any atom is 0.248 e. The molecule has 2 aromatic carbocycles. The fourth-order valence-electron chi connectivity index (χ4n) is 5.19. The van der Waals surface area contributed by atoms with Crippen LogP contribution in [0.1, 0.15) is 57.6 Å². The van der Waals surface area contributed by atoms with E-state index in [2.05, 4.69) is 76.2 Å². The van der Waals surface area contributed by atoms with Crippen LogP contribution in [0.25, 0.3) is 0 Å². The van der Waals surface area contributed by atoms with Gasteiger partial charge in [0, 0.05) is 19.0 Å². The van der Waals surface area contributed by atoms with E-state index in [4.69, 9.17) is 4.74 Å². The minimum atomic E-state index is -1.31. The fourth-order valence-corrected chi connectivity index (χ4v) is 5.19. The van der Waals surface area contributed by atoms with Crippen molar-refractivity contribution >= 4 is 11.9 Å². The van der Waals surface area contributed by atoms with Crippen LogP contribution in [0.15, 0.2) is 60.7 Å². The van der Waals surface area contributed by atoms with Crippen molar-refractivity contribution in [2.75, 3.05) is 52.5 Å². The molecule has 0 spiro atoms.